The summed E-state index contributed by atoms with van der Waals surface area (Å²) >= 11 is 0. The molecule has 0 aliphatic carbocycles. The topological polar surface area (TPSA) is 20.3 Å². The SMILES string of the molecule is C=CCN([C@@H](C=C)C(F)(F)F)S(=O)C(C)(C)C. The highest BCUT2D eigenvalue weighted by Crippen LogP contribution is 2.29. The van der Waals surface area contributed by atoms with Crippen molar-refractivity contribution in [1.82, 2.24) is 4.31 Å². The molecule has 0 aromatic heterocycles. The Morgan fingerprint density at radius 2 is 1.76 bits per heavy atom. The van der Waals surface area contributed by atoms with Gasteiger partial charge in [-0.05, 0) is 20.8 Å². The normalized spacial score (nSPS) is 16.6. The van der Waals surface area contributed by atoms with Gasteiger partial charge in [-0.1, -0.05) is 12.2 Å². The summed E-state index contributed by atoms with van der Waals surface area (Å²) in [5, 5.41) is 0. The molecule has 0 aromatic carbocycles. The summed E-state index contributed by atoms with van der Waals surface area (Å²) < 4.78 is 50.4. The third kappa shape index (κ3) is 4.63. The molecule has 2 atom stereocenters. The van der Waals surface area contributed by atoms with Crippen molar-refractivity contribution < 1.29 is 17.4 Å². The van der Waals surface area contributed by atoms with Crippen molar-refractivity contribution in [3.63, 3.8) is 0 Å². The summed E-state index contributed by atoms with van der Waals surface area (Å²) in [5.41, 5.74) is 0. The van der Waals surface area contributed by atoms with E-state index in [1.54, 1.807) is 20.8 Å². The second kappa shape index (κ2) is 5.82. The Morgan fingerprint density at radius 3 is 2.00 bits per heavy atom. The molecule has 6 heteroatoms. The average Bonchev–Trinajstić information content (AvgIpc) is 2.13. The number of hydrogen-bond donors (Lipinski definition) is 0. The van der Waals surface area contributed by atoms with E-state index < -0.39 is 28.0 Å². The lowest BCUT2D eigenvalue weighted by atomic mass is 10.3. The van der Waals surface area contributed by atoms with Gasteiger partial charge in [0.1, 0.15) is 17.0 Å². The molecule has 0 aliphatic heterocycles. The van der Waals surface area contributed by atoms with Gasteiger partial charge in [-0.3, -0.25) is 0 Å². The van der Waals surface area contributed by atoms with Crippen molar-refractivity contribution in [3.8, 4) is 0 Å². The monoisotopic (exact) mass is 269 g/mol. The molecule has 0 saturated carbocycles. The zero-order chi connectivity index (χ0) is 13.9. The minimum absolute atomic E-state index is 0.111. The van der Waals surface area contributed by atoms with Gasteiger partial charge in [-0.25, -0.2) is 8.51 Å². The fourth-order valence-electron chi connectivity index (χ4n) is 1.18. The van der Waals surface area contributed by atoms with Gasteiger partial charge in [0.2, 0.25) is 0 Å². The van der Waals surface area contributed by atoms with Crippen molar-refractivity contribution in [2.45, 2.75) is 37.7 Å². The third-order valence-corrected chi connectivity index (χ3v) is 3.76. The zero-order valence-electron chi connectivity index (χ0n) is 10.3. The third-order valence-electron chi connectivity index (χ3n) is 1.91. The molecule has 0 aromatic rings. The van der Waals surface area contributed by atoms with Gasteiger partial charge < -0.3 is 0 Å². The predicted octanol–water partition coefficient (Wildman–Crippen LogP) is 3.05. The molecule has 0 rings (SSSR count). The van der Waals surface area contributed by atoms with Gasteiger partial charge in [-0.15, -0.1) is 13.2 Å². The van der Waals surface area contributed by atoms with E-state index >= 15 is 0 Å². The molecule has 17 heavy (non-hydrogen) atoms. The molecule has 0 amide bonds. The summed E-state index contributed by atoms with van der Waals surface area (Å²) in [4.78, 5) is 0. The van der Waals surface area contributed by atoms with Crippen LogP contribution in [0.5, 0.6) is 0 Å². The van der Waals surface area contributed by atoms with E-state index in [2.05, 4.69) is 13.2 Å². The second-order valence-corrected chi connectivity index (χ2v) is 6.66. The summed E-state index contributed by atoms with van der Waals surface area (Å²) in [6, 6.07) is -1.93. The van der Waals surface area contributed by atoms with E-state index in [0.717, 1.165) is 10.4 Å². The Labute approximate surface area is 103 Å². The van der Waals surface area contributed by atoms with Crippen LogP contribution >= 0.6 is 0 Å². The van der Waals surface area contributed by atoms with Crippen molar-refractivity contribution in [1.29, 1.82) is 0 Å². The van der Waals surface area contributed by atoms with Crippen LogP contribution in [0, 0.1) is 0 Å². The first-order valence-corrected chi connectivity index (χ1v) is 6.15. The molecule has 0 bridgehead atoms. The van der Waals surface area contributed by atoms with E-state index in [0.29, 0.717) is 0 Å². The Balaban J connectivity index is 5.28. The van der Waals surface area contributed by atoms with Crippen LogP contribution in [-0.2, 0) is 11.0 Å². The lowest BCUT2D eigenvalue weighted by Crippen LogP contribution is -2.49. The van der Waals surface area contributed by atoms with Gasteiger partial charge in [-0.2, -0.15) is 13.2 Å². The number of nitrogens with zero attached hydrogens (tertiary/aromatic N) is 1. The van der Waals surface area contributed by atoms with Crippen LogP contribution in [0.4, 0.5) is 13.2 Å². The molecular formula is C11H18F3NOS. The molecule has 0 saturated heterocycles. The van der Waals surface area contributed by atoms with Crippen molar-refractivity contribution in [2.24, 2.45) is 0 Å². The second-order valence-electron chi connectivity index (χ2n) is 4.47. The molecule has 0 radical (unpaired) electrons. The standard InChI is InChI=1S/C11H18F3NOS/c1-6-8-15(17(16)10(3,4)5)9(7-2)11(12,13)14/h6-7,9H,1-2,8H2,3-5H3/t9-,17?/m0/s1. The lowest BCUT2D eigenvalue weighted by molar-refractivity contribution is -0.157. The highest BCUT2D eigenvalue weighted by atomic mass is 32.2. The first-order valence-electron chi connectivity index (χ1n) is 5.04. The Hall–Kier alpha value is -0.620. The maximum absolute atomic E-state index is 12.8. The van der Waals surface area contributed by atoms with Crippen LogP contribution < -0.4 is 0 Å². The molecule has 0 N–H and O–H groups in total. The van der Waals surface area contributed by atoms with Crippen LogP contribution in [0.3, 0.4) is 0 Å². The highest BCUT2D eigenvalue weighted by molar-refractivity contribution is 7.84. The molecule has 100 valence electrons. The molecular weight excluding hydrogens is 251 g/mol. The molecule has 0 aliphatic rings. The van der Waals surface area contributed by atoms with E-state index in [9.17, 15) is 17.4 Å². The summed E-state index contributed by atoms with van der Waals surface area (Å²) in [7, 11) is -1.78. The maximum atomic E-state index is 12.8. The summed E-state index contributed by atoms with van der Waals surface area (Å²) in [6.45, 7) is 11.3. The Kier molecular flexibility index (Phi) is 5.61. The number of rotatable bonds is 5. The van der Waals surface area contributed by atoms with Crippen molar-refractivity contribution in [2.75, 3.05) is 6.54 Å². The van der Waals surface area contributed by atoms with Crippen LogP contribution in [0.15, 0.2) is 25.3 Å². The van der Waals surface area contributed by atoms with Gasteiger partial charge in [0, 0.05) is 6.54 Å². The van der Waals surface area contributed by atoms with Gasteiger partial charge in [0.25, 0.3) is 0 Å². The molecule has 1 unspecified atom stereocenters. The van der Waals surface area contributed by atoms with Crippen LogP contribution in [0.25, 0.3) is 0 Å². The minimum Gasteiger partial charge on any atom is -0.242 e. The van der Waals surface area contributed by atoms with Crippen LogP contribution in [0.2, 0.25) is 0 Å². The van der Waals surface area contributed by atoms with Crippen molar-refractivity contribution in [3.05, 3.63) is 25.3 Å². The first-order chi connectivity index (χ1) is 7.55. The summed E-state index contributed by atoms with van der Waals surface area (Å²) in [6.07, 6.45) is -2.44. The lowest BCUT2D eigenvalue weighted by Gasteiger charge is -2.33. The number of alkyl halides is 3. The Morgan fingerprint density at radius 1 is 1.29 bits per heavy atom. The van der Waals surface area contributed by atoms with Crippen LogP contribution in [-0.4, -0.2) is 32.0 Å². The minimum atomic E-state index is -4.49. The van der Waals surface area contributed by atoms with Gasteiger partial charge in [0.05, 0.1) is 4.75 Å². The molecule has 0 spiro atoms. The van der Waals surface area contributed by atoms with Crippen LogP contribution in [0.1, 0.15) is 20.8 Å². The highest BCUT2D eigenvalue weighted by Gasteiger charge is 2.45. The number of halogens is 3. The summed E-state index contributed by atoms with van der Waals surface area (Å²) in [5.74, 6) is 0. The molecule has 0 heterocycles. The van der Waals surface area contributed by atoms with E-state index in [1.165, 1.54) is 6.08 Å². The fraction of sp³-hybridized carbons (Fsp3) is 0.636. The van der Waals surface area contributed by atoms with Gasteiger partial charge >= 0.3 is 6.18 Å². The quantitative estimate of drug-likeness (QED) is 0.702. The maximum Gasteiger partial charge on any atom is 0.408 e. The van der Waals surface area contributed by atoms with E-state index in [1.807, 2.05) is 0 Å². The van der Waals surface area contributed by atoms with Crippen molar-refractivity contribution >= 4 is 11.0 Å². The Bertz CT molecular complexity index is 307. The first kappa shape index (κ1) is 16.4. The van der Waals surface area contributed by atoms with Gasteiger partial charge in [0.15, 0.2) is 0 Å². The predicted molar refractivity (Wildman–Crippen MR) is 64.8 cm³/mol. The largest absolute Gasteiger partial charge is 0.408 e. The zero-order valence-corrected chi connectivity index (χ0v) is 11.1. The molecule has 2 nitrogen and oxygen atoms in total. The number of hydrogen-bond acceptors (Lipinski definition) is 1. The fourth-order valence-corrected chi connectivity index (χ4v) is 2.53. The van der Waals surface area contributed by atoms with E-state index in [-0.39, 0.29) is 6.54 Å². The average molecular weight is 269 g/mol. The van der Waals surface area contributed by atoms with E-state index in [4.69, 9.17) is 0 Å². The molecule has 0 fully saturated rings. The smallest absolute Gasteiger partial charge is 0.242 e.